The molecule has 0 amide bonds. The number of fused-ring (bicyclic) bond motifs is 1. The van der Waals surface area contributed by atoms with Gasteiger partial charge in [-0.1, -0.05) is 75.0 Å². The Labute approximate surface area is 194 Å². The van der Waals surface area contributed by atoms with Crippen LogP contribution in [0.1, 0.15) is 48.6 Å². The van der Waals surface area contributed by atoms with Gasteiger partial charge in [-0.3, -0.25) is 9.36 Å². The molecule has 0 unspecified atom stereocenters. The van der Waals surface area contributed by atoms with Crippen molar-refractivity contribution in [3.05, 3.63) is 98.8 Å². The van der Waals surface area contributed by atoms with E-state index in [9.17, 15) is 4.79 Å². The first-order chi connectivity index (χ1) is 15.2. The molecule has 164 valence electrons. The maximum atomic E-state index is 13.5. The van der Waals surface area contributed by atoms with Gasteiger partial charge in [-0.15, -0.1) is 0 Å². The third-order valence-corrected chi connectivity index (χ3v) is 6.97. The van der Waals surface area contributed by atoms with Crippen molar-refractivity contribution in [1.29, 1.82) is 0 Å². The average Bonchev–Trinajstić information content (AvgIpc) is 2.73. The van der Waals surface area contributed by atoms with Crippen LogP contribution in [0.2, 0.25) is 0 Å². The summed E-state index contributed by atoms with van der Waals surface area (Å²) >= 11 is 1.63. The van der Waals surface area contributed by atoms with Crippen LogP contribution in [0.3, 0.4) is 0 Å². The number of rotatable bonds is 4. The van der Waals surface area contributed by atoms with E-state index >= 15 is 0 Å². The molecule has 0 aliphatic rings. The fraction of sp³-hybridized carbons (Fsp3) is 0.286. The quantitative estimate of drug-likeness (QED) is 0.255. The monoisotopic (exact) mass is 442 g/mol. The minimum absolute atomic E-state index is 0.0241. The minimum atomic E-state index is -0.0241. The average molecular weight is 443 g/mol. The fourth-order valence-electron chi connectivity index (χ4n) is 4.03. The zero-order valence-corrected chi connectivity index (χ0v) is 20.5. The molecule has 3 nitrogen and oxygen atoms in total. The molecule has 0 N–H and O–H groups in total. The topological polar surface area (TPSA) is 34.9 Å². The number of nitrogens with zero attached hydrogens (tertiary/aromatic N) is 2. The van der Waals surface area contributed by atoms with Crippen LogP contribution < -0.4 is 5.56 Å². The lowest BCUT2D eigenvalue weighted by Crippen LogP contribution is -2.22. The van der Waals surface area contributed by atoms with Crippen LogP contribution in [0.15, 0.2) is 70.6 Å². The predicted octanol–water partition coefficient (Wildman–Crippen LogP) is 6.90. The van der Waals surface area contributed by atoms with Gasteiger partial charge in [0.15, 0.2) is 5.16 Å². The summed E-state index contributed by atoms with van der Waals surface area (Å²) in [5.41, 5.74) is 7.99. The second-order valence-electron chi connectivity index (χ2n) is 9.47. The summed E-state index contributed by atoms with van der Waals surface area (Å²) < 4.78 is 1.77. The van der Waals surface area contributed by atoms with Gasteiger partial charge in [0.05, 0.1) is 16.6 Å². The van der Waals surface area contributed by atoms with Crippen molar-refractivity contribution in [2.24, 2.45) is 0 Å². The van der Waals surface area contributed by atoms with Gasteiger partial charge in [0.1, 0.15) is 0 Å². The molecule has 0 saturated heterocycles. The number of para-hydroxylation sites is 2. The molecule has 0 fully saturated rings. The summed E-state index contributed by atoms with van der Waals surface area (Å²) in [7, 11) is 0. The Morgan fingerprint density at radius 3 is 2.16 bits per heavy atom. The van der Waals surface area contributed by atoms with Gasteiger partial charge in [0.2, 0.25) is 0 Å². The highest BCUT2D eigenvalue weighted by Crippen LogP contribution is 2.31. The zero-order chi connectivity index (χ0) is 23.0. The smallest absolute Gasteiger partial charge is 0.266 e. The lowest BCUT2D eigenvalue weighted by molar-refractivity contribution is 0.589. The summed E-state index contributed by atoms with van der Waals surface area (Å²) in [6.45, 7) is 13.1. The molecule has 4 rings (SSSR count). The number of thioether (sulfide) groups is 1. The van der Waals surface area contributed by atoms with E-state index in [1.807, 2.05) is 55.5 Å². The molecule has 4 heteroatoms. The van der Waals surface area contributed by atoms with Crippen molar-refractivity contribution in [2.45, 2.75) is 57.9 Å². The second kappa shape index (κ2) is 8.59. The summed E-state index contributed by atoms with van der Waals surface area (Å²) in [4.78, 5) is 18.4. The highest BCUT2D eigenvalue weighted by molar-refractivity contribution is 7.98. The molecular weight excluding hydrogens is 412 g/mol. The summed E-state index contributed by atoms with van der Waals surface area (Å²) in [5.74, 6) is 0.763. The normalized spacial score (nSPS) is 11.8. The van der Waals surface area contributed by atoms with Gasteiger partial charge in [-0.2, -0.15) is 0 Å². The molecule has 0 radical (unpaired) electrons. The molecule has 32 heavy (non-hydrogen) atoms. The predicted molar refractivity (Wildman–Crippen MR) is 136 cm³/mol. The molecule has 4 aromatic rings. The summed E-state index contributed by atoms with van der Waals surface area (Å²) in [6.07, 6.45) is 0. The standard InChI is InChI=1S/C28H30N2OS/c1-18-11-7-10-14-25(18)30-26(31)22-12-8-9-13-24(22)29-27(30)32-17-23-19(2)15-21(16-20(23)3)28(4,5)6/h7-16H,17H2,1-6H3. The number of benzene rings is 3. The zero-order valence-electron chi connectivity index (χ0n) is 19.7. The first-order valence-corrected chi connectivity index (χ1v) is 12.0. The molecule has 0 spiro atoms. The fourth-order valence-corrected chi connectivity index (χ4v) is 5.23. The first kappa shape index (κ1) is 22.3. The van der Waals surface area contributed by atoms with Crippen LogP contribution >= 0.6 is 11.8 Å². The van der Waals surface area contributed by atoms with E-state index in [-0.39, 0.29) is 11.0 Å². The molecule has 1 aromatic heterocycles. The van der Waals surface area contributed by atoms with Crippen LogP contribution in [0.25, 0.3) is 16.6 Å². The van der Waals surface area contributed by atoms with Crippen molar-refractivity contribution in [1.82, 2.24) is 9.55 Å². The van der Waals surface area contributed by atoms with E-state index < -0.39 is 0 Å². The van der Waals surface area contributed by atoms with Crippen LogP contribution in [0, 0.1) is 20.8 Å². The van der Waals surface area contributed by atoms with Crippen LogP contribution in [0.5, 0.6) is 0 Å². The maximum absolute atomic E-state index is 13.5. The van der Waals surface area contributed by atoms with Crippen molar-refractivity contribution >= 4 is 22.7 Å². The third-order valence-electron chi connectivity index (χ3n) is 6.01. The van der Waals surface area contributed by atoms with E-state index in [4.69, 9.17) is 4.98 Å². The highest BCUT2D eigenvalue weighted by atomic mass is 32.2. The highest BCUT2D eigenvalue weighted by Gasteiger charge is 2.18. The van der Waals surface area contributed by atoms with Gasteiger partial charge < -0.3 is 0 Å². The van der Waals surface area contributed by atoms with E-state index in [2.05, 4.69) is 46.8 Å². The van der Waals surface area contributed by atoms with Crippen LogP contribution in [-0.4, -0.2) is 9.55 Å². The van der Waals surface area contributed by atoms with Crippen molar-refractivity contribution < 1.29 is 0 Å². The lowest BCUT2D eigenvalue weighted by atomic mass is 9.84. The van der Waals surface area contributed by atoms with Crippen molar-refractivity contribution in [3.63, 3.8) is 0 Å². The SMILES string of the molecule is Cc1ccccc1-n1c(SCc2c(C)cc(C(C)(C)C)cc2C)nc2ccccc2c1=O. The Morgan fingerprint density at radius 1 is 0.875 bits per heavy atom. The summed E-state index contributed by atoms with van der Waals surface area (Å²) in [6, 6.07) is 20.2. The number of aryl methyl sites for hydroxylation is 3. The molecule has 0 saturated carbocycles. The minimum Gasteiger partial charge on any atom is -0.268 e. The van der Waals surface area contributed by atoms with E-state index in [1.165, 1.54) is 22.3 Å². The lowest BCUT2D eigenvalue weighted by Gasteiger charge is -2.22. The summed E-state index contributed by atoms with van der Waals surface area (Å²) in [5, 5.41) is 1.36. The Balaban J connectivity index is 1.81. The molecular formula is C28H30N2OS. The molecule has 0 atom stereocenters. The van der Waals surface area contributed by atoms with E-state index in [1.54, 1.807) is 16.3 Å². The van der Waals surface area contributed by atoms with E-state index in [0.717, 1.165) is 27.7 Å². The van der Waals surface area contributed by atoms with Crippen molar-refractivity contribution in [3.8, 4) is 5.69 Å². The van der Waals surface area contributed by atoms with Crippen LogP contribution in [0.4, 0.5) is 0 Å². The first-order valence-electron chi connectivity index (χ1n) is 11.0. The molecule has 1 heterocycles. The van der Waals surface area contributed by atoms with Gasteiger partial charge >= 0.3 is 0 Å². The van der Waals surface area contributed by atoms with Gasteiger partial charge in [-0.05, 0) is 72.2 Å². The molecule has 3 aromatic carbocycles. The number of aromatic nitrogens is 2. The number of hydrogen-bond donors (Lipinski definition) is 0. The Morgan fingerprint density at radius 2 is 1.50 bits per heavy atom. The second-order valence-corrected chi connectivity index (χ2v) is 10.4. The Kier molecular flexibility index (Phi) is 6.00. The van der Waals surface area contributed by atoms with Gasteiger partial charge in [-0.25, -0.2) is 4.98 Å². The van der Waals surface area contributed by atoms with Gasteiger partial charge in [0.25, 0.3) is 5.56 Å². The molecule has 0 bridgehead atoms. The van der Waals surface area contributed by atoms with Crippen molar-refractivity contribution in [2.75, 3.05) is 0 Å². The maximum Gasteiger partial charge on any atom is 0.266 e. The molecule has 0 aliphatic heterocycles. The van der Waals surface area contributed by atoms with E-state index in [0.29, 0.717) is 5.39 Å². The Hall–Kier alpha value is -2.85. The number of hydrogen-bond acceptors (Lipinski definition) is 3. The third kappa shape index (κ3) is 4.24. The molecule has 0 aliphatic carbocycles. The van der Waals surface area contributed by atoms with Gasteiger partial charge in [0, 0.05) is 5.75 Å². The Bertz CT molecular complexity index is 1340. The largest absolute Gasteiger partial charge is 0.268 e. The van der Waals surface area contributed by atoms with Crippen LogP contribution in [-0.2, 0) is 11.2 Å².